The summed E-state index contributed by atoms with van der Waals surface area (Å²) >= 11 is 0. The molecule has 0 spiro atoms. The summed E-state index contributed by atoms with van der Waals surface area (Å²) in [5, 5.41) is 3.20. The van der Waals surface area contributed by atoms with Gasteiger partial charge in [0.15, 0.2) is 0 Å². The van der Waals surface area contributed by atoms with E-state index in [1.807, 2.05) is 0 Å². The van der Waals surface area contributed by atoms with Gasteiger partial charge in [-0.3, -0.25) is 0 Å². The van der Waals surface area contributed by atoms with Gasteiger partial charge >= 0.3 is 0 Å². The molecule has 0 aliphatic heterocycles. The van der Waals surface area contributed by atoms with Crippen LogP contribution in [0, 0.1) is 10.8 Å². The van der Waals surface area contributed by atoms with Crippen LogP contribution in [0.5, 0.6) is 0 Å². The predicted molar refractivity (Wildman–Crippen MR) is 57.8 cm³/mol. The molecule has 0 heterocycles. The van der Waals surface area contributed by atoms with Crippen LogP contribution in [0.1, 0.15) is 59.3 Å². The van der Waals surface area contributed by atoms with Crippen LogP contribution in [-0.4, -0.2) is 6.04 Å². The number of hydrogen-bond acceptors (Lipinski definition) is 2. The zero-order valence-electron chi connectivity index (χ0n) is 9.25. The Kier molecular flexibility index (Phi) is 7.96. The van der Waals surface area contributed by atoms with Gasteiger partial charge in [0.2, 0.25) is 0 Å². The summed E-state index contributed by atoms with van der Waals surface area (Å²) in [4.78, 5) is 10.5. The molecule has 78 valence electrons. The minimum Gasteiger partial charge on any atom is -0.151 e. The van der Waals surface area contributed by atoms with Gasteiger partial charge in [-0.2, -0.15) is 4.91 Å². The van der Waals surface area contributed by atoms with Gasteiger partial charge in [0.25, 0.3) is 0 Å². The molecule has 0 saturated carbocycles. The van der Waals surface area contributed by atoms with Crippen LogP contribution in [-0.2, 0) is 0 Å². The summed E-state index contributed by atoms with van der Waals surface area (Å²) in [6.07, 6.45) is 6.68. The molecule has 0 saturated heterocycles. The van der Waals surface area contributed by atoms with Gasteiger partial charge in [0.1, 0.15) is 0 Å². The van der Waals surface area contributed by atoms with Crippen molar-refractivity contribution in [3.63, 3.8) is 0 Å². The number of hydrogen-bond donors (Lipinski definition) is 0. The van der Waals surface area contributed by atoms with Crippen molar-refractivity contribution in [2.45, 2.75) is 65.3 Å². The summed E-state index contributed by atoms with van der Waals surface area (Å²) in [5.74, 6) is 0.708. The second kappa shape index (κ2) is 8.21. The topological polar surface area (TPSA) is 29.4 Å². The highest BCUT2D eigenvalue weighted by Gasteiger charge is 2.14. The second-order valence-corrected chi connectivity index (χ2v) is 3.85. The van der Waals surface area contributed by atoms with Gasteiger partial charge in [-0.1, -0.05) is 51.6 Å². The highest BCUT2D eigenvalue weighted by molar-refractivity contribution is 4.70. The maximum atomic E-state index is 10.5. The van der Waals surface area contributed by atoms with Crippen molar-refractivity contribution in [2.24, 2.45) is 11.1 Å². The molecule has 13 heavy (non-hydrogen) atoms. The molecule has 0 amide bonds. The van der Waals surface area contributed by atoms with Crippen LogP contribution in [0.2, 0.25) is 0 Å². The van der Waals surface area contributed by atoms with E-state index in [1.54, 1.807) is 0 Å². The molecule has 2 nitrogen and oxygen atoms in total. The summed E-state index contributed by atoms with van der Waals surface area (Å²) < 4.78 is 0. The Morgan fingerprint density at radius 2 is 1.69 bits per heavy atom. The molecule has 0 aromatic heterocycles. The monoisotopic (exact) mass is 185 g/mol. The van der Waals surface area contributed by atoms with Crippen LogP contribution in [0.15, 0.2) is 5.18 Å². The van der Waals surface area contributed by atoms with E-state index < -0.39 is 0 Å². The van der Waals surface area contributed by atoms with Crippen LogP contribution >= 0.6 is 0 Å². The molecular weight excluding hydrogens is 162 g/mol. The van der Waals surface area contributed by atoms with Gasteiger partial charge < -0.3 is 0 Å². The lowest BCUT2D eigenvalue weighted by molar-refractivity contribution is 0.380. The van der Waals surface area contributed by atoms with Crippen LogP contribution in [0.3, 0.4) is 0 Å². The van der Waals surface area contributed by atoms with E-state index in [9.17, 15) is 4.91 Å². The van der Waals surface area contributed by atoms with Crippen LogP contribution < -0.4 is 0 Å². The third-order valence-corrected chi connectivity index (χ3v) is 2.65. The van der Waals surface area contributed by atoms with Crippen molar-refractivity contribution in [1.82, 2.24) is 0 Å². The van der Waals surface area contributed by atoms with Crippen molar-refractivity contribution in [3.8, 4) is 0 Å². The van der Waals surface area contributed by atoms with E-state index in [2.05, 4.69) is 25.9 Å². The Morgan fingerprint density at radius 3 is 2.08 bits per heavy atom. The van der Waals surface area contributed by atoms with Crippen molar-refractivity contribution >= 4 is 0 Å². The molecule has 0 fully saturated rings. The Morgan fingerprint density at radius 1 is 1.08 bits per heavy atom. The fraction of sp³-hybridized carbons (Fsp3) is 1.00. The lowest BCUT2D eigenvalue weighted by Crippen LogP contribution is -2.10. The van der Waals surface area contributed by atoms with E-state index in [0.29, 0.717) is 5.92 Å². The lowest BCUT2D eigenvalue weighted by atomic mass is 9.92. The Labute approximate surface area is 82.1 Å². The highest BCUT2D eigenvalue weighted by atomic mass is 16.3. The molecule has 0 rings (SSSR count). The zero-order valence-corrected chi connectivity index (χ0v) is 9.25. The van der Waals surface area contributed by atoms with Gasteiger partial charge in [-0.05, 0) is 18.8 Å². The van der Waals surface area contributed by atoms with Crippen molar-refractivity contribution in [1.29, 1.82) is 0 Å². The molecule has 0 radical (unpaired) electrons. The normalized spacial score (nSPS) is 15.3. The van der Waals surface area contributed by atoms with Gasteiger partial charge in [-0.15, -0.1) is 0 Å². The van der Waals surface area contributed by atoms with Crippen molar-refractivity contribution in [3.05, 3.63) is 4.91 Å². The van der Waals surface area contributed by atoms with E-state index in [-0.39, 0.29) is 6.04 Å². The van der Waals surface area contributed by atoms with Crippen LogP contribution in [0.25, 0.3) is 0 Å². The van der Waals surface area contributed by atoms with Gasteiger partial charge in [0.05, 0.1) is 6.04 Å². The smallest absolute Gasteiger partial charge is 0.0922 e. The number of nitrogens with zero attached hydrogens (tertiary/aromatic N) is 1. The summed E-state index contributed by atoms with van der Waals surface area (Å²) in [6, 6.07) is 0.0708. The Balaban J connectivity index is 3.79. The molecule has 1 unspecified atom stereocenters. The third kappa shape index (κ3) is 5.78. The first kappa shape index (κ1) is 12.6. The van der Waals surface area contributed by atoms with Gasteiger partial charge in [0, 0.05) is 0 Å². The molecule has 0 bridgehead atoms. The Hall–Kier alpha value is -0.400. The Bertz CT molecular complexity index is 125. The largest absolute Gasteiger partial charge is 0.151 e. The van der Waals surface area contributed by atoms with Crippen molar-refractivity contribution < 1.29 is 0 Å². The minimum absolute atomic E-state index is 0.0708. The summed E-state index contributed by atoms with van der Waals surface area (Å²) in [5.41, 5.74) is 0. The summed E-state index contributed by atoms with van der Waals surface area (Å²) in [7, 11) is 0. The first-order valence-corrected chi connectivity index (χ1v) is 5.60. The SMILES string of the molecule is CCCC(CC)C[C@@H](CCC)N=O. The van der Waals surface area contributed by atoms with E-state index in [1.165, 1.54) is 19.3 Å². The first-order chi connectivity index (χ1) is 6.28. The van der Waals surface area contributed by atoms with Crippen molar-refractivity contribution in [2.75, 3.05) is 0 Å². The maximum absolute atomic E-state index is 10.5. The highest BCUT2D eigenvalue weighted by Crippen LogP contribution is 2.20. The summed E-state index contributed by atoms with van der Waals surface area (Å²) in [6.45, 7) is 6.51. The zero-order chi connectivity index (χ0) is 10.1. The predicted octanol–water partition coefficient (Wildman–Crippen LogP) is 4.14. The second-order valence-electron chi connectivity index (χ2n) is 3.85. The quantitative estimate of drug-likeness (QED) is 0.522. The number of rotatable bonds is 8. The maximum Gasteiger partial charge on any atom is 0.0922 e. The van der Waals surface area contributed by atoms with Gasteiger partial charge in [-0.25, -0.2) is 0 Å². The van der Waals surface area contributed by atoms with E-state index in [0.717, 1.165) is 19.3 Å². The fourth-order valence-electron chi connectivity index (χ4n) is 1.83. The molecule has 2 heteroatoms. The minimum atomic E-state index is 0.0708. The average Bonchev–Trinajstić information content (AvgIpc) is 2.16. The molecular formula is C11H23NO. The molecule has 0 aliphatic rings. The molecule has 2 atom stereocenters. The van der Waals surface area contributed by atoms with E-state index >= 15 is 0 Å². The molecule has 0 aliphatic carbocycles. The van der Waals surface area contributed by atoms with E-state index in [4.69, 9.17) is 0 Å². The molecule has 0 aromatic carbocycles. The third-order valence-electron chi connectivity index (χ3n) is 2.65. The standard InChI is InChI=1S/C11H23NO/c1-4-7-10(6-3)9-11(12-13)8-5-2/h10-11H,4-9H2,1-3H3/t10?,11-/m1/s1. The first-order valence-electron chi connectivity index (χ1n) is 5.60. The average molecular weight is 185 g/mol. The fourth-order valence-corrected chi connectivity index (χ4v) is 1.83. The van der Waals surface area contributed by atoms with Crippen LogP contribution in [0.4, 0.5) is 0 Å². The molecule has 0 N–H and O–H groups in total. The number of nitroso groups, excluding NO2 is 1. The molecule has 0 aromatic rings. The lowest BCUT2D eigenvalue weighted by Gasteiger charge is -2.16.